The topological polar surface area (TPSA) is 46.3 Å². The highest BCUT2D eigenvalue weighted by Gasteiger charge is 2.21. The molecular formula is C16H10BrF2NO2. The van der Waals surface area contributed by atoms with Gasteiger partial charge in [0, 0.05) is 10.0 Å². The van der Waals surface area contributed by atoms with Crippen LogP contribution in [-0.2, 0) is 6.61 Å². The molecule has 0 atom stereocenters. The smallest absolute Gasteiger partial charge is 0.176 e. The Balaban J connectivity index is 2.15. The standard InChI is InChI=1S/C16H10BrF2NO2/c17-10-3-1-9(2-4-10)15-13(8-21)16(22-20-15)12-7-11(18)5-6-14(12)19/h1-7,21H,8H2. The van der Waals surface area contributed by atoms with Gasteiger partial charge in [-0.2, -0.15) is 0 Å². The Morgan fingerprint density at radius 3 is 2.50 bits per heavy atom. The molecule has 1 heterocycles. The third-order valence-corrected chi connectivity index (χ3v) is 3.77. The highest BCUT2D eigenvalue weighted by molar-refractivity contribution is 9.10. The van der Waals surface area contributed by atoms with E-state index in [1.807, 2.05) is 12.1 Å². The molecule has 0 unspecified atom stereocenters. The van der Waals surface area contributed by atoms with Crippen molar-refractivity contribution < 1.29 is 18.4 Å². The van der Waals surface area contributed by atoms with Crippen LogP contribution in [0.5, 0.6) is 0 Å². The van der Waals surface area contributed by atoms with E-state index >= 15 is 0 Å². The first kappa shape index (κ1) is 14.9. The molecule has 0 fully saturated rings. The van der Waals surface area contributed by atoms with Crippen molar-refractivity contribution in [3.8, 4) is 22.6 Å². The van der Waals surface area contributed by atoms with Crippen LogP contribution in [0, 0.1) is 11.6 Å². The summed E-state index contributed by atoms with van der Waals surface area (Å²) in [6.45, 7) is -0.403. The normalized spacial score (nSPS) is 10.9. The number of benzene rings is 2. The lowest BCUT2D eigenvalue weighted by Gasteiger charge is -2.03. The average molecular weight is 366 g/mol. The molecule has 0 aliphatic heterocycles. The van der Waals surface area contributed by atoms with Gasteiger partial charge in [0.15, 0.2) is 5.76 Å². The summed E-state index contributed by atoms with van der Waals surface area (Å²) in [7, 11) is 0. The van der Waals surface area contributed by atoms with Crippen molar-refractivity contribution >= 4 is 15.9 Å². The van der Waals surface area contributed by atoms with E-state index in [4.69, 9.17) is 4.52 Å². The van der Waals surface area contributed by atoms with Crippen molar-refractivity contribution in [3.05, 3.63) is 64.1 Å². The van der Waals surface area contributed by atoms with Gasteiger partial charge in [-0.25, -0.2) is 8.78 Å². The lowest BCUT2D eigenvalue weighted by molar-refractivity contribution is 0.281. The van der Waals surface area contributed by atoms with Gasteiger partial charge in [0.2, 0.25) is 0 Å². The van der Waals surface area contributed by atoms with E-state index in [9.17, 15) is 13.9 Å². The molecular weight excluding hydrogens is 356 g/mol. The van der Waals surface area contributed by atoms with Gasteiger partial charge in [-0.3, -0.25) is 0 Å². The number of rotatable bonds is 3. The molecule has 1 N–H and O–H groups in total. The van der Waals surface area contributed by atoms with Gasteiger partial charge in [-0.1, -0.05) is 33.2 Å². The van der Waals surface area contributed by atoms with E-state index in [0.717, 1.165) is 22.7 Å². The highest BCUT2D eigenvalue weighted by atomic mass is 79.9. The number of aliphatic hydroxyl groups is 1. The molecule has 2 aromatic carbocycles. The van der Waals surface area contributed by atoms with E-state index in [1.54, 1.807) is 12.1 Å². The molecule has 0 saturated heterocycles. The second-order valence-corrected chi connectivity index (χ2v) is 5.54. The summed E-state index contributed by atoms with van der Waals surface area (Å²) in [6.07, 6.45) is 0. The Kier molecular flexibility index (Phi) is 4.04. The van der Waals surface area contributed by atoms with Crippen LogP contribution in [0.25, 0.3) is 22.6 Å². The van der Waals surface area contributed by atoms with Crippen LogP contribution in [0.3, 0.4) is 0 Å². The maximum Gasteiger partial charge on any atom is 0.176 e. The van der Waals surface area contributed by atoms with Gasteiger partial charge in [0.05, 0.1) is 17.7 Å². The Morgan fingerprint density at radius 2 is 1.82 bits per heavy atom. The fourth-order valence-corrected chi connectivity index (χ4v) is 2.44. The van der Waals surface area contributed by atoms with E-state index < -0.39 is 18.2 Å². The van der Waals surface area contributed by atoms with Crippen LogP contribution in [0.1, 0.15) is 5.56 Å². The summed E-state index contributed by atoms with van der Waals surface area (Å²) in [5.41, 5.74) is 1.35. The van der Waals surface area contributed by atoms with Crippen LogP contribution in [0.2, 0.25) is 0 Å². The summed E-state index contributed by atoms with van der Waals surface area (Å²) >= 11 is 3.33. The Morgan fingerprint density at radius 1 is 1.09 bits per heavy atom. The van der Waals surface area contributed by atoms with Gasteiger partial charge in [-0.15, -0.1) is 0 Å². The minimum atomic E-state index is -0.644. The molecule has 3 rings (SSSR count). The number of aromatic nitrogens is 1. The molecule has 0 spiro atoms. The molecule has 0 aliphatic carbocycles. The Bertz CT molecular complexity index is 816. The zero-order valence-corrected chi connectivity index (χ0v) is 12.8. The van der Waals surface area contributed by atoms with Crippen LogP contribution in [-0.4, -0.2) is 10.3 Å². The van der Waals surface area contributed by atoms with E-state index in [0.29, 0.717) is 16.8 Å². The molecule has 3 aromatic rings. The van der Waals surface area contributed by atoms with Crippen LogP contribution in [0.15, 0.2) is 51.5 Å². The SMILES string of the molecule is OCc1c(-c2ccc(Br)cc2)noc1-c1cc(F)ccc1F. The number of aliphatic hydroxyl groups excluding tert-OH is 1. The third kappa shape index (κ3) is 2.67. The molecule has 0 aliphatic rings. The first-order valence-electron chi connectivity index (χ1n) is 6.41. The lowest BCUT2D eigenvalue weighted by atomic mass is 10.0. The third-order valence-electron chi connectivity index (χ3n) is 3.24. The maximum absolute atomic E-state index is 13.9. The zero-order valence-electron chi connectivity index (χ0n) is 11.2. The summed E-state index contributed by atoms with van der Waals surface area (Å²) in [6, 6.07) is 10.2. The van der Waals surface area contributed by atoms with Crippen molar-refractivity contribution in [1.82, 2.24) is 5.16 Å². The molecule has 0 bridgehead atoms. The van der Waals surface area contributed by atoms with Crippen molar-refractivity contribution in [2.24, 2.45) is 0 Å². The zero-order chi connectivity index (χ0) is 15.7. The summed E-state index contributed by atoms with van der Waals surface area (Å²) in [5.74, 6) is -1.21. The first-order chi connectivity index (χ1) is 10.6. The Hall–Kier alpha value is -2.05. The van der Waals surface area contributed by atoms with Crippen molar-refractivity contribution in [2.45, 2.75) is 6.61 Å². The first-order valence-corrected chi connectivity index (χ1v) is 7.20. The van der Waals surface area contributed by atoms with E-state index in [2.05, 4.69) is 21.1 Å². The van der Waals surface area contributed by atoms with Gasteiger partial charge in [0.25, 0.3) is 0 Å². The summed E-state index contributed by atoms with van der Waals surface area (Å²) in [5, 5.41) is 13.5. The van der Waals surface area contributed by atoms with E-state index in [-0.39, 0.29) is 11.3 Å². The number of halogens is 3. The molecule has 22 heavy (non-hydrogen) atoms. The van der Waals surface area contributed by atoms with Crippen molar-refractivity contribution in [3.63, 3.8) is 0 Å². The van der Waals surface area contributed by atoms with Gasteiger partial charge >= 0.3 is 0 Å². The average Bonchev–Trinajstić information content (AvgIpc) is 2.94. The van der Waals surface area contributed by atoms with Crippen LogP contribution >= 0.6 is 15.9 Å². The summed E-state index contributed by atoms with van der Waals surface area (Å²) < 4.78 is 33.3. The molecule has 0 saturated carbocycles. The minimum Gasteiger partial charge on any atom is -0.391 e. The van der Waals surface area contributed by atoms with Crippen LogP contribution in [0.4, 0.5) is 8.78 Å². The number of nitrogens with zero attached hydrogens (tertiary/aromatic N) is 1. The molecule has 6 heteroatoms. The number of hydrogen-bond donors (Lipinski definition) is 1. The van der Waals surface area contributed by atoms with Gasteiger partial charge in [-0.05, 0) is 30.3 Å². The number of hydrogen-bond acceptors (Lipinski definition) is 3. The monoisotopic (exact) mass is 365 g/mol. The lowest BCUT2D eigenvalue weighted by Crippen LogP contribution is -1.92. The second kappa shape index (κ2) is 5.98. The molecule has 1 aromatic heterocycles. The Labute approximate surface area is 133 Å². The maximum atomic E-state index is 13.9. The molecule has 3 nitrogen and oxygen atoms in total. The quantitative estimate of drug-likeness (QED) is 0.740. The van der Waals surface area contributed by atoms with Crippen LogP contribution < -0.4 is 0 Å². The summed E-state index contributed by atoms with van der Waals surface area (Å²) in [4.78, 5) is 0. The molecule has 0 radical (unpaired) electrons. The highest BCUT2D eigenvalue weighted by Crippen LogP contribution is 2.34. The van der Waals surface area contributed by atoms with Crippen molar-refractivity contribution in [1.29, 1.82) is 0 Å². The largest absolute Gasteiger partial charge is 0.391 e. The molecule has 0 amide bonds. The van der Waals surface area contributed by atoms with Crippen molar-refractivity contribution in [2.75, 3.05) is 0 Å². The fourth-order valence-electron chi connectivity index (χ4n) is 2.17. The molecule has 112 valence electrons. The second-order valence-electron chi connectivity index (χ2n) is 4.63. The predicted octanol–water partition coefficient (Wildman–Crippen LogP) is 4.54. The van der Waals surface area contributed by atoms with Gasteiger partial charge < -0.3 is 9.63 Å². The fraction of sp³-hybridized carbons (Fsp3) is 0.0625. The van der Waals surface area contributed by atoms with E-state index in [1.165, 1.54) is 0 Å². The predicted molar refractivity (Wildman–Crippen MR) is 80.9 cm³/mol. The van der Waals surface area contributed by atoms with Gasteiger partial charge in [0.1, 0.15) is 17.3 Å². The minimum absolute atomic E-state index is 0.0254.